The minimum atomic E-state index is -0.788. The summed E-state index contributed by atoms with van der Waals surface area (Å²) in [5.74, 6) is -0.607. The Morgan fingerprint density at radius 1 is 1.00 bits per heavy atom. The third kappa shape index (κ3) is 4.55. The van der Waals surface area contributed by atoms with Crippen LogP contribution in [0.25, 0.3) is 0 Å². The van der Waals surface area contributed by atoms with Crippen molar-refractivity contribution in [3.05, 3.63) is 63.7 Å². The number of nitrogens with zero attached hydrogens (tertiary/aromatic N) is 2. The first kappa shape index (κ1) is 18.7. The average Bonchev–Trinajstić information content (AvgIpc) is 2.68. The molecule has 1 saturated heterocycles. The molecular formula is C20H21IN2O3. The molecule has 1 unspecified atom stereocenters. The molecular weight excluding hydrogens is 443 g/mol. The third-order valence-electron chi connectivity index (χ3n) is 4.40. The van der Waals surface area contributed by atoms with Gasteiger partial charge in [0, 0.05) is 35.4 Å². The molecule has 0 saturated carbocycles. The van der Waals surface area contributed by atoms with E-state index in [0.29, 0.717) is 18.7 Å². The Morgan fingerprint density at radius 3 is 2.35 bits per heavy atom. The molecule has 1 heterocycles. The van der Waals surface area contributed by atoms with Crippen molar-refractivity contribution in [2.75, 3.05) is 31.1 Å². The minimum absolute atomic E-state index is 0.142. The van der Waals surface area contributed by atoms with Gasteiger partial charge in [0.05, 0.1) is 5.56 Å². The van der Waals surface area contributed by atoms with Gasteiger partial charge in [-0.15, -0.1) is 0 Å². The quantitative estimate of drug-likeness (QED) is 0.516. The molecule has 26 heavy (non-hydrogen) atoms. The predicted molar refractivity (Wildman–Crippen MR) is 109 cm³/mol. The number of halogens is 1. The standard InChI is InChI=1S/C20H21IN2O3/c1-15(26-20(25)16-6-5-7-17(21)14-16)19(24)23-12-10-22(11-13-23)18-8-3-2-4-9-18/h2-9,14-15H,10-13H2,1H3. The van der Waals surface area contributed by atoms with E-state index in [1.54, 1.807) is 30.0 Å². The van der Waals surface area contributed by atoms with Crippen LogP contribution in [0.2, 0.25) is 0 Å². The number of ether oxygens (including phenoxy) is 1. The van der Waals surface area contributed by atoms with E-state index in [1.807, 2.05) is 24.3 Å². The number of esters is 1. The topological polar surface area (TPSA) is 49.9 Å². The highest BCUT2D eigenvalue weighted by molar-refractivity contribution is 14.1. The maximum absolute atomic E-state index is 12.6. The van der Waals surface area contributed by atoms with Crippen molar-refractivity contribution in [1.29, 1.82) is 0 Å². The number of hydrogen-bond donors (Lipinski definition) is 0. The zero-order valence-electron chi connectivity index (χ0n) is 14.6. The van der Waals surface area contributed by atoms with Crippen molar-refractivity contribution in [3.8, 4) is 0 Å². The molecule has 2 aromatic rings. The van der Waals surface area contributed by atoms with E-state index in [2.05, 4.69) is 39.6 Å². The van der Waals surface area contributed by atoms with Crippen molar-refractivity contribution in [3.63, 3.8) is 0 Å². The average molecular weight is 464 g/mol. The van der Waals surface area contributed by atoms with Gasteiger partial charge in [0.2, 0.25) is 0 Å². The number of carbonyl (C=O) groups is 2. The number of carbonyl (C=O) groups excluding carboxylic acids is 2. The summed E-state index contributed by atoms with van der Waals surface area (Å²) in [5, 5.41) is 0. The summed E-state index contributed by atoms with van der Waals surface area (Å²) in [6.07, 6.45) is -0.788. The first-order valence-electron chi connectivity index (χ1n) is 8.60. The van der Waals surface area contributed by atoms with Crippen molar-refractivity contribution in [1.82, 2.24) is 4.90 Å². The van der Waals surface area contributed by atoms with Crippen LogP contribution >= 0.6 is 22.6 Å². The van der Waals surface area contributed by atoms with E-state index >= 15 is 0 Å². The van der Waals surface area contributed by atoms with Crippen LogP contribution in [0.4, 0.5) is 5.69 Å². The summed E-state index contributed by atoms with van der Waals surface area (Å²) in [5.41, 5.74) is 1.63. The Bertz CT molecular complexity index is 774. The van der Waals surface area contributed by atoms with Crippen molar-refractivity contribution < 1.29 is 14.3 Å². The van der Waals surface area contributed by atoms with E-state index in [9.17, 15) is 9.59 Å². The summed E-state index contributed by atoms with van der Waals surface area (Å²) < 4.78 is 6.32. The number of para-hydroxylation sites is 1. The lowest BCUT2D eigenvalue weighted by Gasteiger charge is -2.37. The van der Waals surface area contributed by atoms with Gasteiger partial charge in [-0.3, -0.25) is 4.79 Å². The van der Waals surface area contributed by atoms with E-state index < -0.39 is 12.1 Å². The zero-order valence-corrected chi connectivity index (χ0v) is 16.8. The summed E-state index contributed by atoms with van der Waals surface area (Å²) >= 11 is 2.14. The number of benzene rings is 2. The van der Waals surface area contributed by atoms with E-state index in [4.69, 9.17) is 4.74 Å². The number of rotatable bonds is 4. The third-order valence-corrected chi connectivity index (χ3v) is 5.08. The Morgan fingerprint density at radius 2 is 1.69 bits per heavy atom. The van der Waals surface area contributed by atoms with Crippen LogP contribution < -0.4 is 4.90 Å². The van der Waals surface area contributed by atoms with Crippen molar-refractivity contribution in [2.45, 2.75) is 13.0 Å². The molecule has 0 aromatic heterocycles. The van der Waals surface area contributed by atoms with Gasteiger partial charge in [-0.25, -0.2) is 4.79 Å². The number of piperazine rings is 1. The normalized spacial score (nSPS) is 15.5. The second-order valence-corrected chi connectivity index (χ2v) is 7.45. The van der Waals surface area contributed by atoms with Crippen LogP contribution in [0.5, 0.6) is 0 Å². The number of amides is 1. The molecule has 1 aliphatic heterocycles. The van der Waals surface area contributed by atoms with Gasteiger partial charge in [-0.05, 0) is 59.8 Å². The summed E-state index contributed by atoms with van der Waals surface area (Å²) in [6, 6.07) is 17.3. The fourth-order valence-electron chi connectivity index (χ4n) is 2.98. The molecule has 1 fully saturated rings. The number of anilines is 1. The van der Waals surface area contributed by atoms with Gasteiger partial charge < -0.3 is 14.5 Å². The van der Waals surface area contributed by atoms with E-state index in [-0.39, 0.29) is 5.91 Å². The molecule has 0 bridgehead atoms. The molecule has 0 radical (unpaired) electrons. The second kappa shape index (κ2) is 8.53. The van der Waals surface area contributed by atoms with Crippen molar-refractivity contribution >= 4 is 40.2 Å². The molecule has 0 N–H and O–H groups in total. The Kier molecular flexibility index (Phi) is 6.13. The van der Waals surface area contributed by atoms with Gasteiger partial charge in [-0.1, -0.05) is 24.3 Å². The summed E-state index contributed by atoms with van der Waals surface area (Å²) in [6.45, 7) is 4.43. The van der Waals surface area contributed by atoms with E-state index in [1.165, 1.54) is 0 Å². The maximum atomic E-state index is 12.6. The molecule has 3 rings (SSSR count). The smallest absolute Gasteiger partial charge is 0.338 e. The minimum Gasteiger partial charge on any atom is -0.449 e. The van der Waals surface area contributed by atoms with Crippen LogP contribution in [-0.2, 0) is 9.53 Å². The molecule has 5 nitrogen and oxygen atoms in total. The van der Waals surface area contributed by atoms with Crippen molar-refractivity contribution in [2.24, 2.45) is 0 Å². The van der Waals surface area contributed by atoms with Gasteiger partial charge in [0.25, 0.3) is 5.91 Å². The van der Waals surface area contributed by atoms with Crippen LogP contribution in [0.3, 0.4) is 0 Å². The fourth-order valence-corrected chi connectivity index (χ4v) is 3.52. The Balaban J connectivity index is 1.54. The highest BCUT2D eigenvalue weighted by Gasteiger charge is 2.27. The predicted octanol–water partition coefficient (Wildman–Crippen LogP) is 3.19. The van der Waals surface area contributed by atoms with Crippen LogP contribution in [-0.4, -0.2) is 49.1 Å². The molecule has 6 heteroatoms. The largest absolute Gasteiger partial charge is 0.449 e. The highest BCUT2D eigenvalue weighted by atomic mass is 127. The maximum Gasteiger partial charge on any atom is 0.338 e. The van der Waals surface area contributed by atoms with Crippen LogP contribution in [0, 0.1) is 3.57 Å². The molecule has 1 aliphatic rings. The zero-order chi connectivity index (χ0) is 18.5. The lowest BCUT2D eigenvalue weighted by molar-refractivity contribution is -0.140. The van der Waals surface area contributed by atoms with E-state index in [0.717, 1.165) is 22.3 Å². The summed E-state index contributed by atoms with van der Waals surface area (Å²) in [7, 11) is 0. The van der Waals surface area contributed by atoms with Gasteiger partial charge in [0.1, 0.15) is 0 Å². The SMILES string of the molecule is CC(OC(=O)c1cccc(I)c1)C(=O)N1CCN(c2ccccc2)CC1. The Labute approximate surface area is 167 Å². The lowest BCUT2D eigenvalue weighted by atomic mass is 10.2. The first-order chi connectivity index (χ1) is 12.5. The molecule has 1 atom stereocenters. The van der Waals surface area contributed by atoms with Gasteiger partial charge in [0.15, 0.2) is 6.10 Å². The first-order valence-corrected chi connectivity index (χ1v) is 9.68. The van der Waals surface area contributed by atoms with Crippen LogP contribution in [0.15, 0.2) is 54.6 Å². The van der Waals surface area contributed by atoms with Gasteiger partial charge in [-0.2, -0.15) is 0 Å². The van der Waals surface area contributed by atoms with Gasteiger partial charge >= 0.3 is 5.97 Å². The molecule has 1 amide bonds. The fraction of sp³-hybridized carbons (Fsp3) is 0.300. The highest BCUT2D eigenvalue weighted by Crippen LogP contribution is 2.17. The monoisotopic (exact) mass is 464 g/mol. The molecule has 0 spiro atoms. The molecule has 136 valence electrons. The van der Waals surface area contributed by atoms with Crippen LogP contribution in [0.1, 0.15) is 17.3 Å². The molecule has 0 aliphatic carbocycles. The lowest BCUT2D eigenvalue weighted by Crippen LogP contribution is -2.51. The molecule has 2 aromatic carbocycles. The Hall–Kier alpha value is -2.09. The summed E-state index contributed by atoms with van der Waals surface area (Å²) in [4.78, 5) is 28.9. The second-order valence-electron chi connectivity index (χ2n) is 6.21. The number of hydrogen-bond acceptors (Lipinski definition) is 4.